The van der Waals surface area contributed by atoms with Crippen LogP contribution in [0, 0.1) is 13.8 Å². The molecule has 0 radical (unpaired) electrons. The molecule has 0 N–H and O–H groups in total. The number of hydrogen-bond acceptors (Lipinski definition) is 1. The Kier molecular flexibility index (Phi) is 8.51. The summed E-state index contributed by atoms with van der Waals surface area (Å²) in [5.74, 6) is 0. The molecule has 1 heterocycles. The Morgan fingerprint density at radius 1 is 1.16 bits per heavy atom. The molecule has 0 aliphatic carbocycles. The standard InChI is InChI=1S/C9H7O.C4H9.3CH3.Li.Sn/c1-7-2-3-9-8(6-7)4-5-10-9;1-3-4-2;;;;;/h2-4,6H,1H3;1,3-4H2,2H3;3*1H3;;/q;-1;;;;+1;. The molecule has 0 aliphatic rings. The van der Waals surface area contributed by atoms with Gasteiger partial charge in [0.1, 0.15) is 0 Å². The monoisotopic (exact) mass is 360 g/mol. The fourth-order valence-corrected chi connectivity index (χ4v) is 4.40. The average Bonchev–Trinajstić information content (AvgIpc) is 2.72. The van der Waals surface area contributed by atoms with Crippen molar-refractivity contribution < 1.29 is 23.3 Å². The SMILES string of the molecule is Cc1ccc2o[c]([Sn]([CH3])([CH3])[CH3])cc2c1.[CH2-]CCC.[Li+]. The second-order valence-electron chi connectivity index (χ2n) is 5.76. The summed E-state index contributed by atoms with van der Waals surface area (Å²) in [5, 5.41) is 1.26. The van der Waals surface area contributed by atoms with E-state index in [-0.39, 0.29) is 18.9 Å². The minimum absolute atomic E-state index is 0. The van der Waals surface area contributed by atoms with Crippen LogP contribution in [0.2, 0.25) is 14.8 Å². The molecular formula is C16H25LiOSn. The van der Waals surface area contributed by atoms with Gasteiger partial charge in [-0.1, -0.05) is 13.3 Å². The van der Waals surface area contributed by atoms with Crippen molar-refractivity contribution in [3.8, 4) is 0 Å². The van der Waals surface area contributed by atoms with Gasteiger partial charge in [-0.15, -0.1) is 0 Å². The van der Waals surface area contributed by atoms with Crippen LogP contribution in [0.3, 0.4) is 0 Å². The Bertz CT molecular complexity index is 495. The van der Waals surface area contributed by atoms with Gasteiger partial charge in [0.2, 0.25) is 0 Å². The summed E-state index contributed by atoms with van der Waals surface area (Å²) in [6, 6.07) is 8.61. The molecule has 0 atom stereocenters. The van der Waals surface area contributed by atoms with Gasteiger partial charge in [-0.2, -0.15) is 6.42 Å². The topological polar surface area (TPSA) is 13.1 Å². The van der Waals surface area contributed by atoms with Crippen LogP contribution >= 0.6 is 0 Å². The Morgan fingerprint density at radius 3 is 2.21 bits per heavy atom. The number of furan rings is 1. The summed E-state index contributed by atoms with van der Waals surface area (Å²) >= 11 is -2.01. The van der Waals surface area contributed by atoms with Crippen LogP contribution in [0.1, 0.15) is 25.3 Å². The predicted octanol–water partition coefficient (Wildman–Crippen LogP) is 1.91. The summed E-state index contributed by atoms with van der Waals surface area (Å²) in [7, 11) is 0. The first-order valence-corrected chi connectivity index (χ1v) is 16.7. The van der Waals surface area contributed by atoms with E-state index >= 15 is 0 Å². The third kappa shape index (κ3) is 5.98. The second-order valence-corrected chi connectivity index (χ2v) is 20.0. The molecule has 2 aromatic rings. The van der Waals surface area contributed by atoms with E-state index in [1.807, 2.05) is 0 Å². The van der Waals surface area contributed by atoms with Gasteiger partial charge >= 0.3 is 108 Å². The van der Waals surface area contributed by atoms with Crippen LogP contribution < -0.4 is 22.6 Å². The Morgan fingerprint density at radius 2 is 1.74 bits per heavy atom. The van der Waals surface area contributed by atoms with Crippen molar-refractivity contribution in [1.82, 2.24) is 0 Å². The molecule has 1 nitrogen and oxygen atoms in total. The van der Waals surface area contributed by atoms with Gasteiger partial charge < -0.3 is 6.92 Å². The van der Waals surface area contributed by atoms with Crippen molar-refractivity contribution in [2.24, 2.45) is 0 Å². The molecule has 1 aromatic carbocycles. The zero-order chi connectivity index (χ0) is 13.8. The number of rotatable bonds is 2. The summed E-state index contributed by atoms with van der Waals surface area (Å²) in [6.07, 6.45) is 2.28. The number of hydrogen-bond donors (Lipinski definition) is 0. The molecule has 0 spiro atoms. The number of benzene rings is 1. The maximum absolute atomic E-state index is 5.88. The van der Waals surface area contributed by atoms with Gasteiger partial charge in [-0.25, -0.2) is 0 Å². The van der Waals surface area contributed by atoms with Crippen LogP contribution in [-0.4, -0.2) is 18.4 Å². The fraction of sp³-hybridized carbons (Fsp3) is 0.438. The van der Waals surface area contributed by atoms with E-state index in [1.165, 1.54) is 21.1 Å². The maximum Gasteiger partial charge on any atom is 1.00 e. The zero-order valence-corrected chi connectivity index (χ0v) is 16.2. The molecular weight excluding hydrogens is 334 g/mol. The molecule has 0 bridgehead atoms. The number of unbranched alkanes of at least 4 members (excludes halogenated alkanes) is 1. The molecule has 0 fully saturated rings. The van der Waals surface area contributed by atoms with Crippen LogP contribution in [0.5, 0.6) is 0 Å². The van der Waals surface area contributed by atoms with E-state index in [4.69, 9.17) is 4.42 Å². The molecule has 0 saturated carbocycles. The van der Waals surface area contributed by atoms with Gasteiger partial charge in [-0.3, -0.25) is 0 Å². The molecule has 0 unspecified atom stereocenters. The number of aryl methyl sites for hydroxylation is 1. The minimum atomic E-state index is -2.01. The maximum atomic E-state index is 5.88. The zero-order valence-electron chi connectivity index (χ0n) is 13.3. The molecule has 0 aliphatic heterocycles. The van der Waals surface area contributed by atoms with E-state index in [2.05, 4.69) is 59.9 Å². The Hall–Kier alpha value is 0.156. The van der Waals surface area contributed by atoms with Crippen molar-refractivity contribution in [3.05, 3.63) is 36.8 Å². The van der Waals surface area contributed by atoms with E-state index in [1.54, 1.807) is 0 Å². The predicted molar refractivity (Wildman–Crippen MR) is 84.2 cm³/mol. The Balaban J connectivity index is 0.000000576. The van der Waals surface area contributed by atoms with Gasteiger partial charge in [0.05, 0.1) is 0 Å². The molecule has 100 valence electrons. The quantitative estimate of drug-likeness (QED) is 0.590. The van der Waals surface area contributed by atoms with Gasteiger partial charge in [0, 0.05) is 0 Å². The first-order valence-electron chi connectivity index (χ1n) is 6.68. The fourth-order valence-electron chi connectivity index (χ4n) is 1.53. The third-order valence-corrected chi connectivity index (χ3v) is 7.69. The van der Waals surface area contributed by atoms with Gasteiger partial charge in [-0.05, 0) is 0 Å². The molecule has 1 aromatic heterocycles. The minimum Gasteiger partial charge on any atom is -0.343 e. The molecule has 0 saturated heterocycles. The van der Waals surface area contributed by atoms with Crippen LogP contribution in [0.4, 0.5) is 0 Å². The van der Waals surface area contributed by atoms with E-state index < -0.39 is 18.4 Å². The summed E-state index contributed by atoms with van der Waals surface area (Å²) in [6.45, 7) is 7.84. The smallest absolute Gasteiger partial charge is 0.343 e. The molecule has 19 heavy (non-hydrogen) atoms. The molecule has 2 rings (SSSR count). The van der Waals surface area contributed by atoms with Gasteiger partial charge in [0.15, 0.2) is 0 Å². The molecule has 3 heteroatoms. The van der Waals surface area contributed by atoms with E-state index in [0.717, 1.165) is 12.0 Å². The summed E-state index contributed by atoms with van der Waals surface area (Å²) < 4.78 is 7.14. The van der Waals surface area contributed by atoms with Crippen molar-refractivity contribution in [3.63, 3.8) is 0 Å². The second kappa shape index (κ2) is 8.44. The largest absolute Gasteiger partial charge is 1.00 e. The first kappa shape index (κ1) is 19.2. The van der Waals surface area contributed by atoms with Crippen LogP contribution in [0.15, 0.2) is 28.7 Å². The van der Waals surface area contributed by atoms with Crippen molar-refractivity contribution >= 4 is 33.1 Å². The summed E-state index contributed by atoms with van der Waals surface area (Å²) in [5.41, 5.74) is 2.34. The van der Waals surface area contributed by atoms with Crippen molar-refractivity contribution in [2.75, 3.05) is 0 Å². The van der Waals surface area contributed by atoms with Crippen molar-refractivity contribution in [1.29, 1.82) is 0 Å². The first-order chi connectivity index (χ1) is 8.38. The Labute approximate surface area is 134 Å². The van der Waals surface area contributed by atoms with E-state index in [0.29, 0.717) is 0 Å². The normalized spacial score (nSPS) is 10.6. The van der Waals surface area contributed by atoms with E-state index in [9.17, 15) is 0 Å². The van der Waals surface area contributed by atoms with Crippen molar-refractivity contribution in [2.45, 2.75) is 41.5 Å². The van der Waals surface area contributed by atoms with Crippen LogP contribution in [0.25, 0.3) is 11.0 Å². The van der Waals surface area contributed by atoms with Gasteiger partial charge in [0.25, 0.3) is 0 Å². The summed E-state index contributed by atoms with van der Waals surface area (Å²) in [4.78, 5) is 7.12. The molecule has 0 amide bonds. The average molecular weight is 359 g/mol. The number of fused-ring (bicyclic) bond motifs is 1. The van der Waals surface area contributed by atoms with Crippen LogP contribution in [-0.2, 0) is 0 Å². The third-order valence-electron chi connectivity index (χ3n) is 2.76.